The maximum absolute atomic E-state index is 12.2. The van der Waals surface area contributed by atoms with Gasteiger partial charge in [0.05, 0.1) is 6.04 Å². The SMILES string of the molecule is Cc1cc(C)cc(C(c2ccccc2OCc2ccccc2)N2CCCCC2C(=O)O)c1. The molecule has 3 aromatic rings. The Morgan fingerprint density at radius 1 is 1.00 bits per heavy atom. The molecule has 1 heterocycles. The number of carbonyl (C=O) groups is 1. The smallest absolute Gasteiger partial charge is 0.320 e. The summed E-state index contributed by atoms with van der Waals surface area (Å²) in [5, 5.41) is 10.0. The Kier molecular flexibility index (Phi) is 6.91. The van der Waals surface area contributed by atoms with E-state index in [0.717, 1.165) is 41.8 Å². The molecular weight excluding hydrogens is 398 g/mol. The highest BCUT2D eigenvalue weighted by molar-refractivity contribution is 5.74. The van der Waals surface area contributed by atoms with Gasteiger partial charge < -0.3 is 9.84 Å². The third-order valence-corrected chi connectivity index (χ3v) is 6.17. The third kappa shape index (κ3) is 5.03. The van der Waals surface area contributed by atoms with Crippen LogP contribution in [0.2, 0.25) is 0 Å². The summed E-state index contributed by atoms with van der Waals surface area (Å²) in [5.74, 6) is 0.0528. The Bertz CT molecular complexity index is 1040. The van der Waals surface area contributed by atoms with E-state index in [1.54, 1.807) is 0 Å². The lowest BCUT2D eigenvalue weighted by molar-refractivity contribution is -0.145. The molecule has 0 bridgehead atoms. The van der Waals surface area contributed by atoms with E-state index in [-0.39, 0.29) is 6.04 Å². The van der Waals surface area contributed by atoms with E-state index < -0.39 is 12.0 Å². The van der Waals surface area contributed by atoms with Crippen LogP contribution in [0.1, 0.15) is 53.1 Å². The molecule has 1 aliphatic heterocycles. The first-order chi connectivity index (χ1) is 15.5. The lowest BCUT2D eigenvalue weighted by atomic mass is 9.89. The van der Waals surface area contributed by atoms with E-state index in [0.29, 0.717) is 13.0 Å². The Morgan fingerprint density at radius 3 is 2.41 bits per heavy atom. The Labute approximate surface area is 190 Å². The Hall–Kier alpha value is -3.11. The monoisotopic (exact) mass is 429 g/mol. The van der Waals surface area contributed by atoms with Gasteiger partial charge in [-0.3, -0.25) is 9.69 Å². The van der Waals surface area contributed by atoms with E-state index in [4.69, 9.17) is 4.74 Å². The summed E-state index contributed by atoms with van der Waals surface area (Å²) in [6.07, 6.45) is 2.61. The summed E-state index contributed by atoms with van der Waals surface area (Å²) in [7, 11) is 0. The molecule has 0 aromatic heterocycles. The minimum absolute atomic E-state index is 0.179. The minimum Gasteiger partial charge on any atom is -0.489 e. The summed E-state index contributed by atoms with van der Waals surface area (Å²) in [5.41, 5.74) is 5.59. The highest BCUT2D eigenvalue weighted by Crippen LogP contribution is 2.39. The van der Waals surface area contributed by atoms with Gasteiger partial charge in [-0.05, 0) is 50.4 Å². The van der Waals surface area contributed by atoms with E-state index in [1.807, 2.05) is 36.4 Å². The molecule has 0 spiro atoms. The molecule has 2 unspecified atom stereocenters. The Morgan fingerprint density at radius 2 is 1.69 bits per heavy atom. The van der Waals surface area contributed by atoms with E-state index in [2.05, 4.69) is 55.1 Å². The first-order valence-corrected chi connectivity index (χ1v) is 11.4. The fourth-order valence-corrected chi connectivity index (χ4v) is 4.82. The average molecular weight is 430 g/mol. The molecule has 4 nitrogen and oxygen atoms in total. The summed E-state index contributed by atoms with van der Waals surface area (Å²) in [6, 6.07) is 24.0. The molecule has 1 N–H and O–H groups in total. The highest BCUT2D eigenvalue weighted by atomic mass is 16.5. The van der Waals surface area contributed by atoms with Crippen molar-refractivity contribution in [3.8, 4) is 5.75 Å². The van der Waals surface area contributed by atoms with Crippen molar-refractivity contribution in [2.45, 2.75) is 51.8 Å². The van der Waals surface area contributed by atoms with Crippen LogP contribution in [0.3, 0.4) is 0 Å². The maximum atomic E-state index is 12.2. The van der Waals surface area contributed by atoms with Crippen LogP contribution in [0.15, 0.2) is 72.8 Å². The van der Waals surface area contributed by atoms with Gasteiger partial charge in [0.1, 0.15) is 18.4 Å². The van der Waals surface area contributed by atoms with Crippen LogP contribution in [-0.2, 0) is 11.4 Å². The average Bonchev–Trinajstić information content (AvgIpc) is 2.79. The van der Waals surface area contributed by atoms with Gasteiger partial charge in [-0.1, -0.05) is 84.3 Å². The molecule has 4 heteroatoms. The number of benzene rings is 3. The van der Waals surface area contributed by atoms with Crippen LogP contribution in [-0.4, -0.2) is 28.6 Å². The van der Waals surface area contributed by atoms with E-state index in [9.17, 15) is 9.90 Å². The van der Waals surface area contributed by atoms with Crippen LogP contribution in [0.5, 0.6) is 5.75 Å². The van der Waals surface area contributed by atoms with Gasteiger partial charge in [-0.2, -0.15) is 0 Å². The minimum atomic E-state index is -0.748. The van der Waals surface area contributed by atoms with Crippen molar-refractivity contribution >= 4 is 5.97 Å². The molecule has 166 valence electrons. The standard InChI is InChI=1S/C28H31NO3/c1-20-16-21(2)18-23(17-20)27(29-15-9-8-13-25(29)28(30)31)24-12-6-7-14-26(24)32-19-22-10-4-3-5-11-22/h3-7,10-12,14,16-18,25,27H,8-9,13,15,19H2,1-2H3,(H,30,31). The van der Waals surface area contributed by atoms with Gasteiger partial charge in [-0.15, -0.1) is 0 Å². The molecule has 32 heavy (non-hydrogen) atoms. The van der Waals surface area contributed by atoms with Gasteiger partial charge >= 0.3 is 5.97 Å². The van der Waals surface area contributed by atoms with Crippen LogP contribution >= 0.6 is 0 Å². The van der Waals surface area contributed by atoms with Crippen LogP contribution < -0.4 is 4.74 Å². The number of piperidine rings is 1. The number of nitrogens with zero attached hydrogens (tertiary/aromatic N) is 1. The maximum Gasteiger partial charge on any atom is 0.320 e. The van der Waals surface area contributed by atoms with Gasteiger partial charge in [0.25, 0.3) is 0 Å². The summed E-state index contributed by atoms with van der Waals surface area (Å²) < 4.78 is 6.30. The third-order valence-electron chi connectivity index (χ3n) is 6.17. The molecule has 1 aliphatic rings. The second kappa shape index (κ2) is 10.0. The summed E-state index contributed by atoms with van der Waals surface area (Å²) >= 11 is 0. The largest absolute Gasteiger partial charge is 0.489 e. The van der Waals surface area contributed by atoms with Gasteiger partial charge in [0.2, 0.25) is 0 Å². The second-order valence-electron chi connectivity index (χ2n) is 8.72. The molecule has 0 saturated carbocycles. The molecule has 2 atom stereocenters. The number of hydrogen-bond acceptors (Lipinski definition) is 3. The summed E-state index contributed by atoms with van der Waals surface area (Å²) in [6.45, 7) is 5.41. The van der Waals surface area contributed by atoms with E-state index in [1.165, 1.54) is 11.1 Å². The molecule has 0 amide bonds. The first kappa shape index (κ1) is 22.1. The molecule has 0 radical (unpaired) electrons. The predicted molar refractivity (Wildman–Crippen MR) is 127 cm³/mol. The van der Waals surface area contributed by atoms with Crippen LogP contribution in [0.25, 0.3) is 0 Å². The number of ether oxygens (including phenoxy) is 1. The van der Waals surface area contributed by atoms with Crippen molar-refractivity contribution in [3.63, 3.8) is 0 Å². The quantitative estimate of drug-likeness (QED) is 0.507. The van der Waals surface area contributed by atoms with Crippen LogP contribution in [0, 0.1) is 13.8 Å². The van der Waals surface area contributed by atoms with Crippen molar-refractivity contribution < 1.29 is 14.6 Å². The zero-order valence-electron chi connectivity index (χ0n) is 18.8. The van der Waals surface area contributed by atoms with Crippen molar-refractivity contribution in [2.75, 3.05) is 6.54 Å². The van der Waals surface area contributed by atoms with Crippen molar-refractivity contribution in [1.29, 1.82) is 0 Å². The first-order valence-electron chi connectivity index (χ1n) is 11.4. The van der Waals surface area contributed by atoms with Gasteiger partial charge in [0.15, 0.2) is 0 Å². The zero-order valence-corrected chi connectivity index (χ0v) is 18.8. The number of aryl methyl sites for hydroxylation is 2. The fraction of sp³-hybridized carbons (Fsp3) is 0.321. The molecule has 1 fully saturated rings. The van der Waals surface area contributed by atoms with Crippen LogP contribution in [0.4, 0.5) is 0 Å². The van der Waals surface area contributed by atoms with Gasteiger partial charge in [0, 0.05) is 5.56 Å². The molecule has 1 saturated heterocycles. The lowest BCUT2D eigenvalue weighted by Crippen LogP contribution is -2.47. The highest BCUT2D eigenvalue weighted by Gasteiger charge is 2.36. The molecule has 3 aromatic carbocycles. The molecule has 4 rings (SSSR count). The number of carboxylic acid groups (broad SMARTS) is 1. The predicted octanol–water partition coefficient (Wildman–Crippen LogP) is 5.91. The van der Waals surface area contributed by atoms with Crippen molar-refractivity contribution in [3.05, 3.63) is 101 Å². The molecule has 0 aliphatic carbocycles. The fourth-order valence-electron chi connectivity index (χ4n) is 4.82. The van der Waals surface area contributed by atoms with Gasteiger partial charge in [-0.25, -0.2) is 0 Å². The van der Waals surface area contributed by atoms with Crippen molar-refractivity contribution in [1.82, 2.24) is 4.90 Å². The normalized spacial score (nSPS) is 17.6. The van der Waals surface area contributed by atoms with E-state index >= 15 is 0 Å². The van der Waals surface area contributed by atoms with Crippen molar-refractivity contribution in [2.24, 2.45) is 0 Å². The summed E-state index contributed by atoms with van der Waals surface area (Å²) in [4.78, 5) is 14.3. The molecular formula is C28H31NO3. The Balaban J connectivity index is 1.77. The topological polar surface area (TPSA) is 49.8 Å². The number of para-hydroxylation sites is 1. The number of likely N-dealkylation sites (tertiary alicyclic amines) is 1. The zero-order chi connectivity index (χ0) is 22.5. The number of aliphatic carboxylic acids is 1. The second-order valence-corrected chi connectivity index (χ2v) is 8.72. The number of hydrogen-bond donors (Lipinski definition) is 1. The number of carboxylic acids is 1. The number of rotatable bonds is 7. The lowest BCUT2D eigenvalue weighted by Gasteiger charge is -2.40.